The average Bonchev–Trinajstić information content (AvgIpc) is 3.03. The van der Waals surface area contributed by atoms with E-state index in [0.29, 0.717) is 23.8 Å². The molecule has 3 aliphatic rings. The van der Waals surface area contributed by atoms with E-state index >= 15 is 0 Å². The van der Waals surface area contributed by atoms with E-state index in [-0.39, 0.29) is 46.3 Å². The largest absolute Gasteiger partial charge is 0.504 e. The minimum atomic E-state index is -0.911. The molecule has 3 unspecified atom stereocenters. The molecular weight excluding hydrogens is 418 g/mol. The van der Waals surface area contributed by atoms with Crippen LogP contribution in [0.25, 0.3) is 0 Å². The average molecular weight is 450 g/mol. The number of carbonyl (C=O) groups excluding carboxylic acids is 2. The van der Waals surface area contributed by atoms with E-state index in [9.17, 15) is 24.9 Å². The number of ether oxygens (including phenoxy) is 1. The van der Waals surface area contributed by atoms with Gasteiger partial charge in [0.25, 0.3) is 0 Å². The third-order valence-corrected chi connectivity index (χ3v) is 8.29. The summed E-state index contributed by atoms with van der Waals surface area (Å²) in [6, 6.07) is 0.390. The molecule has 31 heavy (non-hydrogen) atoms. The predicted molar refractivity (Wildman–Crippen MR) is 117 cm³/mol. The first-order chi connectivity index (χ1) is 14.7. The van der Waals surface area contributed by atoms with Crippen molar-refractivity contribution in [1.29, 1.82) is 0 Å². The lowest BCUT2D eigenvalue weighted by Crippen LogP contribution is -2.45. The van der Waals surface area contributed by atoms with Gasteiger partial charge in [-0.3, -0.25) is 4.79 Å². The van der Waals surface area contributed by atoms with Gasteiger partial charge >= 0.3 is 5.97 Å². The van der Waals surface area contributed by atoms with Gasteiger partial charge in [-0.05, 0) is 61.7 Å². The predicted octanol–water partition coefficient (Wildman–Crippen LogP) is 2.65. The maximum absolute atomic E-state index is 12.7. The number of aliphatic hydroxyl groups excluding tert-OH is 1. The smallest absolute Gasteiger partial charge is 0.334 e. The van der Waals surface area contributed by atoms with Crippen LogP contribution in [-0.4, -0.2) is 45.1 Å². The summed E-state index contributed by atoms with van der Waals surface area (Å²) in [6.07, 6.45) is 4.60. The minimum Gasteiger partial charge on any atom is -0.504 e. The lowest BCUT2D eigenvalue weighted by Gasteiger charge is -2.50. The summed E-state index contributed by atoms with van der Waals surface area (Å²) in [4.78, 5) is 24.1. The topological polar surface area (TPSA) is 116 Å². The van der Waals surface area contributed by atoms with Crippen molar-refractivity contribution in [2.45, 2.75) is 70.4 Å². The van der Waals surface area contributed by atoms with E-state index < -0.39 is 12.0 Å². The molecule has 0 bridgehead atoms. The Kier molecular flexibility index (Phi) is 5.89. The SMILES string of the molecule is CC(=O)N[C@@H](CS)C(=O)Oc1cc(O)c(O)c2c1C1CC[C@@]3(C)C(CC[C@@H]3O)C1CC2. The molecule has 6 atom stereocenters. The third-order valence-electron chi connectivity index (χ3n) is 7.93. The molecule has 2 fully saturated rings. The second-order valence-corrected chi connectivity index (χ2v) is 9.91. The second-order valence-electron chi connectivity index (χ2n) is 9.54. The normalized spacial score (nSPS) is 32.4. The highest BCUT2D eigenvalue weighted by Gasteiger charge is 2.55. The van der Waals surface area contributed by atoms with Gasteiger partial charge in [0.1, 0.15) is 11.8 Å². The molecule has 8 heteroatoms. The lowest BCUT2D eigenvalue weighted by atomic mass is 9.55. The zero-order chi connectivity index (χ0) is 22.5. The monoisotopic (exact) mass is 449 g/mol. The van der Waals surface area contributed by atoms with Gasteiger partial charge in [-0.2, -0.15) is 12.6 Å². The Morgan fingerprint density at radius 2 is 2.03 bits per heavy atom. The van der Waals surface area contributed by atoms with E-state index in [4.69, 9.17) is 4.74 Å². The van der Waals surface area contributed by atoms with E-state index in [2.05, 4.69) is 24.9 Å². The molecule has 1 amide bonds. The molecule has 0 aliphatic heterocycles. The Hall–Kier alpha value is -1.93. The number of phenolic OH excluding ortho intramolecular Hbond substituents is 2. The van der Waals surface area contributed by atoms with Gasteiger partial charge < -0.3 is 25.4 Å². The second kappa shape index (κ2) is 8.20. The van der Waals surface area contributed by atoms with Crippen LogP contribution in [0.5, 0.6) is 17.2 Å². The summed E-state index contributed by atoms with van der Waals surface area (Å²) in [5.74, 6) is -0.399. The number of rotatable bonds is 4. The number of aliphatic hydroxyl groups is 1. The van der Waals surface area contributed by atoms with E-state index in [1.54, 1.807) is 0 Å². The first-order valence-corrected chi connectivity index (χ1v) is 11.7. The van der Waals surface area contributed by atoms with Crippen LogP contribution >= 0.6 is 12.6 Å². The Labute approximate surface area is 187 Å². The van der Waals surface area contributed by atoms with E-state index in [1.165, 1.54) is 13.0 Å². The van der Waals surface area contributed by atoms with Crippen molar-refractivity contribution in [2.75, 3.05) is 5.75 Å². The number of amides is 1. The molecule has 7 nitrogen and oxygen atoms in total. The molecule has 2 saturated carbocycles. The number of nitrogens with one attached hydrogen (secondary N) is 1. The van der Waals surface area contributed by atoms with Crippen molar-refractivity contribution in [1.82, 2.24) is 5.32 Å². The zero-order valence-corrected chi connectivity index (χ0v) is 18.8. The summed E-state index contributed by atoms with van der Waals surface area (Å²) >= 11 is 4.14. The molecule has 1 aromatic carbocycles. The maximum atomic E-state index is 12.7. The zero-order valence-electron chi connectivity index (χ0n) is 17.9. The van der Waals surface area contributed by atoms with Gasteiger partial charge in [0.05, 0.1) is 6.10 Å². The van der Waals surface area contributed by atoms with Crippen LogP contribution < -0.4 is 10.1 Å². The first kappa shape index (κ1) is 22.3. The standard InChI is InChI=1S/C23H31NO6S/c1-11(25)24-16(10-31)22(29)30-18-9-17(26)21(28)14-4-3-12-13(20(14)18)7-8-23(2)15(12)5-6-19(23)27/h9,12-13,15-16,19,26-28,31H,3-8,10H2,1-2H3,(H,24,25)/t12?,13?,15?,16-,19-,23-/m0/s1. The van der Waals surface area contributed by atoms with Crippen molar-refractivity contribution in [3.63, 3.8) is 0 Å². The molecule has 4 rings (SSSR count). The molecule has 1 aromatic rings. The summed E-state index contributed by atoms with van der Waals surface area (Å²) in [7, 11) is 0. The molecule has 0 heterocycles. The van der Waals surface area contributed by atoms with Crippen molar-refractivity contribution in [2.24, 2.45) is 17.3 Å². The molecule has 0 radical (unpaired) electrons. The minimum absolute atomic E-state index is 0.0784. The molecule has 3 aliphatic carbocycles. The van der Waals surface area contributed by atoms with Gasteiger partial charge in [-0.25, -0.2) is 4.79 Å². The maximum Gasteiger partial charge on any atom is 0.334 e. The van der Waals surface area contributed by atoms with Crippen LogP contribution in [0.15, 0.2) is 6.07 Å². The van der Waals surface area contributed by atoms with Crippen molar-refractivity contribution in [3.05, 3.63) is 17.2 Å². The number of fused-ring (bicyclic) bond motifs is 5. The Bertz CT molecular complexity index is 905. The number of esters is 1. The van der Waals surface area contributed by atoms with Crippen molar-refractivity contribution < 1.29 is 29.6 Å². The fourth-order valence-corrected chi connectivity index (χ4v) is 6.62. The van der Waals surface area contributed by atoms with Crippen molar-refractivity contribution in [3.8, 4) is 17.2 Å². The van der Waals surface area contributed by atoms with E-state index in [1.807, 2.05) is 0 Å². The number of hydrogen-bond donors (Lipinski definition) is 5. The highest BCUT2D eigenvalue weighted by molar-refractivity contribution is 7.80. The highest BCUT2D eigenvalue weighted by Crippen LogP contribution is 2.63. The number of hydrogen-bond acceptors (Lipinski definition) is 7. The van der Waals surface area contributed by atoms with Crippen molar-refractivity contribution >= 4 is 24.5 Å². The van der Waals surface area contributed by atoms with Crippen LogP contribution in [0.3, 0.4) is 0 Å². The lowest BCUT2D eigenvalue weighted by molar-refractivity contribution is -0.138. The van der Waals surface area contributed by atoms with Crippen LogP contribution in [0.4, 0.5) is 0 Å². The summed E-state index contributed by atoms with van der Waals surface area (Å²) in [5.41, 5.74) is 1.31. The van der Waals surface area contributed by atoms with Gasteiger partial charge in [-0.15, -0.1) is 0 Å². The molecule has 4 N–H and O–H groups in total. The number of thiol groups is 1. The fourth-order valence-electron chi connectivity index (χ4n) is 6.38. The number of phenols is 2. The van der Waals surface area contributed by atoms with Gasteiger partial charge in [0, 0.05) is 29.9 Å². The first-order valence-electron chi connectivity index (χ1n) is 11.0. The van der Waals surface area contributed by atoms with Gasteiger partial charge in [0.15, 0.2) is 11.5 Å². The Balaban J connectivity index is 1.70. The Morgan fingerprint density at radius 3 is 2.71 bits per heavy atom. The molecule has 170 valence electrons. The number of carbonyl (C=O) groups is 2. The summed E-state index contributed by atoms with van der Waals surface area (Å²) in [6.45, 7) is 3.50. The summed E-state index contributed by atoms with van der Waals surface area (Å²) < 4.78 is 5.69. The number of aromatic hydroxyl groups is 2. The molecule has 0 spiro atoms. The number of benzene rings is 1. The highest BCUT2D eigenvalue weighted by atomic mass is 32.1. The van der Waals surface area contributed by atoms with Gasteiger partial charge in [0.2, 0.25) is 5.91 Å². The van der Waals surface area contributed by atoms with Crippen LogP contribution in [-0.2, 0) is 16.0 Å². The van der Waals surface area contributed by atoms with E-state index in [0.717, 1.165) is 37.7 Å². The molecule has 0 saturated heterocycles. The fraction of sp³-hybridized carbons (Fsp3) is 0.652. The van der Waals surface area contributed by atoms with Gasteiger partial charge in [-0.1, -0.05) is 6.92 Å². The molecule has 0 aromatic heterocycles. The third kappa shape index (κ3) is 3.67. The van der Waals surface area contributed by atoms with Crippen LogP contribution in [0.1, 0.15) is 63.0 Å². The Morgan fingerprint density at radius 1 is 1.29 bits per heavy atom. The summed E-state index contributed by atoms with van der Waals surface area (Å²) in [5, 5.41) is 33.9. The quantitative estimate of drug-likeness (QED) is 0.209. The van der Waals surface area contributed by atoms with Crippen LogP contribution in [0.2, 0.25) is 0 Å². The molecular formula is C23H31NO6S. The van der Waals surface area contributed by atoms with Crippen LogP contribution in [0, 0.1) is 17.3 Å².